The van der Waals surface area contributed by atoms with Crippen molar-refractivity contribution in [2.45, 2.75) is 26.1 Å². The van der Waals surface area contributed by atoms with E-state index in [1.165, 1.54) is 11.3 Å². The van der Waals surface area contributed by atoms with Crippen LogP contribution in [0, 0.1) is 36.5 Å². The van der Waals surface area contributed by atoms with Gasteiger partial charge in [-0.1, -0.05) is 60.7 Å². The zero-order chi connectivity index (χ0) is 40.8. The van der Waals surface area contributed by atoms with Crippen molar-refractivity contribution in [2.24, 2.45) is 10.2 Å². The largest absolute Gasteiger partial charge is 0.378 e. The highest BCUT2D eigenvalue weighted by atomic mass is 32.1. The molecule has 3 aromatic carbocycles. The minimum Gasteiger partial charge on any atom is -0.378 e. The molecule has 1 aromatic heterocycles. The molecule has 0 fully saturated rings. The van der Waals surface area contributed by atoms with Gasteiger partial charge in [0, 0.05) is 31.9 Å². The molecule has 0 bridgehead atoms. The zero-order valence-corrected chi connectivity index (χ0v) is 35.0. The highest BCUT2D eigenvalue weighted by Gasteiger charge is 2.23. The van der Waals surface area contributed by atoms with E-state index in [1.807, 2.05) is 83.6 Å². The molecule has 1 heterocycles. The number of aryl methyl sites for hydroxylation is 1. The highest BCUT2D eigenvalue weighted by molar-refractivity contribution is 7.16. The van der Waals surface area contributed by atoms with Crippen molar-refractivity contribution in [3.8, 4) is 12.1 Å². The molecule has 57 heavy (non-hydrogen) atoms. The molecule has 2 atom stereocenters. The molecule has 304 valence electrons. The van der Waals surface area contributed by atoms with Crippen LogP contribution in [0.4, 0.5) is 16.4 Å². The first-order valence-corrected chi connectivity index (χ1v) is 20.1. The average Bonchev–Trinajstić information content (AvgIpc) is 3.53. The lowest BCUT2D eigenvalue weighted by atomic mass is 10.1. The quantitative estimate of drug-likeness (QED) is 0.0456. The molecule has 0 aliphatic carbocycles. The number of azo groups is 1. The summed E-state index contributed by atoms with van der Waals surface area (Å²) in [6.07, 6.45) is -0.547. The van der Waals surface area contributed by atoms with Crippen LogP contribution in [0.3, 0.4) is 0 Å². The molecule has 4 rings (SSSR count). The van der Waals surface area contributed by atoms with Crippen molar-refractivity contribution in [1.29, 1.82) is 10.5 Å². The number of rotatable bonds is 26. The smallest absolute Gasteiger partial charge is 0.158 e. The van der Waals surface area contributed by atoms with Gasteiger partial charge in [0.05, 0.1) is 64.1 Å². The number of nitrogens with zero attached hydrogens (tertiary/aromatic N) is 7. The second kappa shape index (κ2) is 25.0. The van der Waals surface area contributed by atoms with Gasteiger partial charge in [-0.3, -0.25) is 0 Å². The second-order valence-corrected chi connectivity index (χ2v) is 15.0. The molecular weight excluding hydrogens is 739 g/mol. The molecule has 0 radical (unpaired) electrons. The Labute approximate surface area is 342 Å². The number of nitriles is 2. The van der Waals surface area contributed by atoms with Crippen LogP contribution in [0.2, 0.25) is 0 Å². The predicted octanol–water partition coefficient (Wildman–Crippen LogP) is 8.02. The summed E-state index contributed by atoms with van der Waals surface area (Å²) in [5, 5.41) is 28.6. The van der Waals surface area contributed by atoms with E-state index in [1.54, 1.807) is 6.92 Å². The summed E-state index contributed by atoms with van der Waals surface area (Å²) >= 11 is 1.17. The Kier molecular flexibility index (Phi) is 19.8. The molecule has 0 spiro atoms. The molecule has 0 aliphatic heterocycles. The lowest BCUT2D eigenvalue weighted by molar-refractivity contribution is -0.0137. The molecule has 0 amide bonds. The average molecular weight is 796 g/mol. The van der Waals surface area contributed by atoms with Crippen LogP contribution in [-0.2, 0) is 23.7 Å². The van der Waals surface area contributed by atoms with Crippen molar-refractivity contribution in [3.63, 3.8) is 0 Å². The number of anilines is 1. The van der Waals surface area contributed by atoms with Gasteiger partial charge in [-0.05, 0) is 82.5 Å². The van der Waals surface area contributed by atoms with Gasteiger partial charge in [0.15, 0.2) is 5.00 Å². The van der Waals surface area contributed by atoms with E-state index < -0.39 is 0 Å². The lowest BCUT2D eigenvalue weighted by Gasteiger charge is -2.33. The minimum absolute atomic E-state index is 0.267. The second-order valence-electron chi connectivity index (χ2n) is 14.0. The first-order chi connectivity index (χ1) is 27.7. The van der Waals surface area contributed by atoms with Crippen LogP contribution in [0.1, 0.15) is 44.9 Å². The number of benzene rings is 3. The molecule has 0 N–H and O–H groups in total. The topological polar surface area (TPSA) is 128 Å². The Morgan fingerprint density at radius 2 is 1.14 bits per heavy atom. The molecular formula is C44H57N7O5S. The Morgan fingerprint density at radius 1 is 0.632 bits per heavy atom. The first kappa shape index (κ1) is 45.2. The van der Waals surface area contributed by atoms with Gasteiger partial charge in [-0.15, -0.1) is 21.6 Å². The summed E-state index contributed by atoms with van der Waals surface area (Å²) in [5.41, 5.74) is 5.65. The molecule has 0 saturated heterocycles. The summed E-state index contributed by atoms with van der Waals surface area (Å²) in [4.78, 5) is 6.94. The van der Waals surface area contributed by atoms with Gasteiger partial charge >= 0.3 is 0 Å². The van der Waals surface area contributed by atoms with Crippen molar-refractivity contribution in [3.05, 3.63) is 112 Å². The SMILES string of the molecule is Cc1cc(N(CC(OCCOCCOCCN(C)C)c2ccccc2)CC(OCCOCCN(C)C)c2ccccc2)ccc1/N=N/c1sc(C#N)c(C)c1C#N. The summed E-state index contributed by atoms with van der Waals surface area (Å²) in [5.74, 6) is 0. The fourth-order valence-corrected chi connectivity index (χ4v) is 6.68. The van der Waals surface area contributed by atoms with E-state index in [2.05, 4.69) is 67.4 Å². The Morgan fingerprint density at radius 3 is 1.61 bits per heavy atom. The Bertz CT molecular complexity index is 1880. The fraction of sp³-hybridized carbons (Fsp3) is 0.455. The third-order valence-electron chi connectivity index (χ3n) is 9.08. The third kappa shape index (κ3) is 15.4. The number of thiophene rings is 1. The normalized spacial score (nSPS) is 12.6. The fourth-order valence-electron chi connectivity index (χ4n) is 5.80. The van der Waals surface area contributed by atoms with Gasteiger partial charge in [0.1, 0.15) is 29.2 Å². The predicted molar refractivity (Wildman–Crippen MR) is 226 cm³/mol. The standard InChI is InChI=1S/C44H57N7O5S/c1-34-29-38(17-18-40(34)47-48-44-39(30-45)35(2)43(31-46)57-44)51(32-41(36-13-9-7-10-14-36)55-27-25-53-22-20-50(5)6)33-42(37-15-11-8-12-16-37)56-28-26-54-24-23-52-21-19-49(3)4/h7-18,29,41-42H,19-28,32-33H2,1-6H3/b48-47+. The van der Waals surface area contributed by atoms with E-state index in [4.69, 9.17) is 23.7 Å². The van der Waals surface area contributed by atoms with Gasteiger partial charge in [-0.25, -0.2) is 0 Å². The van der Waals surface area contributed by atoms with Crippen LogP contribution in [-0.4, -0.2) is 117 Å². The van der Waals surface area contributed by atoms with Crippen LogP contribution in [0.5, 0.6) is 0 Å². The Balaban J connectivity index is 1.58. The van der Waals surface area contributed by atoms with Gasteiger partial charge in [-0.2, -0.15) is 10.5 Å². The monoisotopic (exact) mass is 795 g/mol. The number of ether oxygens (including phenoxy) is 5. The highest BCUT2D eigenvalue weighted by Crippen LogP contribution is 2.36. The molecule has 0 saturated carbocycles. The maximum atomic E-state index is 9.71. The van der Waals surface area contributed by atoms with E-state index in [0.717, 1.165) is 35.5 Å². The zero-order valence-electron chi connectivity index (χ0n) is 34.2. The third-order valence-corrected chi connectivity index (χ3v) is 10.2. The Hall–Kier alpha value is -4.54. The summed E-state index contributed by atoms with van der Waals surface area (Å²) < 4.78 is 30.6. The van der Waals surface area contributed by atoms with Crippen molar-refractivity contribution in [2.75, 3.05) is 112 Å². The van der Waals surface area contributed by atoms with Crippen LogP contribution in [0.25, 0.3) is 0 Å². The maximum Gasteiger partial charge on any atom is 0.158 e. The minimum atomic E-state index is -0.280. The van der Waals surface area contributed by atoms with Gasteiger partial charge in [0.2, 0.25) is 0 Å². The number of hydrogen-bond acceptors (Lipinski definition) is 13. The molecule has 0 aliphatic rings. The summed E-state index contributed by atoms with van der Waals surface area (Å²) in [6, 6.07) is 30.9. The summed E-state index contributed by atoms with van der Waals surface area (Å²) in [6.45, 7) is 10.6. The molecule has 12 nitrogen and oxygen atoms in total. The van der Waals surface area contributed by atoms with Crippen molar-refractivity contribution < 1.29 is 23.7 Å². The number of likely N-dealkylation sites (N-methyl/N-ethyl adjacent to an activating group) is 2. The van der Waals surface area contributed by atoms with Crippen LogP contribution >= 0.6 is 11.3 Å². The molecule has 4 aromatic rings. The van der Waals surface area contributed by atoms with E-state index in [-0.39, 0.29) is 12.2 Å². The van der Waals surface area contributed by atoms with Gasteiger partial charge < -0.3 is 38.4 Å². The first-order valence-electron chi connectivity index (χ1n) is 19.3. The van der Waals surface area contributed by atoms with E-state index >= 15 is 0 Å². The van der Waals surface area contributed by atoms with Crippen molar-refractivity contribution in [1.82, 2.24) is 9.80 Å². The summed E-state index contributed by atoms with van der Waals surface area (Å²) in [7, 11) is 8.11. The lowest BCUT2D eigenvalue weighted by Crippen LogP contribution is -2.35. The van der Waals surface area contributed by atoms with Crippen LogP contribution in [0.15, 0.2) is 89.1 Å². The molecule has 13 heteroatoms. The van der Waals surface area contributed by atoms with E-state index in [9.17, 15) is 10.5 Å². The van der Waals surface area contributed by atoms with Crippen molar-refractivity contribution >= 4 is 27.7 Å². The van der Waals surface area contributed by atoms with E-state index in [0.29, 0.717) is 92.6 Å². The van der Waals surface area contributed by atoms with Gasteiger partial charge in [0.25, 0.3) is 0 Å². The molecule has 2 unspecified atom stereocenters. The van der Waals surface area contributed by atoms with Crippen LogP contribution < -0.4 is 4.90 Å². The number of hydrogen-bond donors (Lipinski definition) is 0. The maximum absolute atomic E-state index is 9.71.